The van der Waals surface area contributed by atoms with Gasteiger partial charge < -0.3 is 14.2 Å². The summed E-state index contributed by atoms with van der Waals surface area (Å²) in [6, 6.07) is 7.86. The highest BCUT2D eigenvalue weighted by molar-refractivity contribution is 6.30. The SMILES string of the molecule is C=C1C(C(F)(F)F)=CC(c2ccoc2)=CN1/C(Cl)=C(\C)CC(=O)N1CCC(c2cccc(F)c2)C1. The van der Waals surface area contributed by atoms with E-state index in [1.165, 1.54) is 30.9 Å². The van der Waals surface area contributed by atoms with Gasteiger partial charge in [0.2, 0.25) is 5.91 Å². The zero-order valence-electron chi connectivity index (χ0n) is 18.9. The van der Waals surface area contributed by atoms with Gasteiger partial charge in [0.05, 0.1) is 30.2 Å². The normalized spacial score (nSPS) is 19.5. The molecule has 1 aromatic heterocycles. The Morgan fingerprint density at radius 2 is 2.06 bits per heavy atom. The number of amides is 1. The molecule has 0 spiro atoms. The van der Waals surface area contributed by atoms with Crippen molar-refractivity contribution in [1.82, 2.24) is 9.80 Å². The summed E-state index contributed by atoms with van der Waals surface area (Å²) in [4.78, 5) is 15.8. The molecular weight excluding hydrogens is 484 g/mol. The van der Waals surface area contributed by atoms with E-state index in [1.807, 2.05) is 6.07 Å². The molecule has 4 nitrogen and oxygen atoms in total. The number of halogens is 5. The van der Waals surface area contributed by atoms with Crippen LogP contribution >= 0.6 is 11.6 Å². The Morgan fingerprint density at radius 1 is 1.29 bits per heavy atom. The first-order valence-electron chi connectivity index (χ1n) is 10.9. The van der Waals surface area contributed by atoms with Crippen molar-refractivity contribution in [2.24, 2.45) is 0 Å². The molecule has 2 aliphatic rings. The number of carbonyl (C=O) groups is 1. The van der Waals surface area contributed by atoms with Gasteiger partial charge in [0, 0.05) is 36.3 Å². The smallest absolute Gasteiger partial charge is 0.418 e. The first-order chi connectivity index (χ1) is 16.5. The van der Waals surface area contributed by atoms with E-state index in [9.17, 15) is 22.4 Å². The van der Waals surface area contributed by atoms with E-state index in [0.29, 0.717) is 30.6 Å². The third-order valence-electron chi connectivity index (χ3n) is 6.17. The van der Waals surface area contributed by atoms with Crippen molar-refractivity contribution < 1.29 is 26.8 Å². The predicted octanol–water partition coefficient (Wildman–Crippen LogP) is 6.95. The van der Waals surface area contributed by atoms with Gasteiger partial charge in [-0.2, -0.15) is 13.2 Å². The van der Waals surface area contributed by atoms with Crippen LogP contribution in [0.25, 0.3) is 5.57 Å². The quantitative estimate of drug-likeness (QED) is 0.325. The molecule has 9 heteroatoms. The maximum absolute atomic E-state index is 13.7. The number of likely N-dealkylation sites (tertiary alicyclic amines) is 1. The minimum Gasteiger partial charge on any atom is -0.472 e. The fourth-order valence-electron chi connectivity index (χ4n) is 4.27. The summed E-state index contributed by atoms with van der Waals surface area (Å²) in [6.45, 7) is 6.14. The highest BCUT2D eigenvalue weighted by Crippen LogP contribution is 2.41. The minimum absolute atomic E-state index is 0.0243. The molecule has 4 rings (SSSR count). The van der Waals surface area contributed by atoms with Gasteiger partial charge in [0.1, 0.15) is 11.0 Å². The summed E-state index contributed by atoms with van der Waals surface area (Å²) in [5.41, 5.74) is 0.646. The molecule has 1 unspecified atom stereocenters. The molecule has 0 radical (unpaired) electrons. The van der Waals surface area contributed by atoms with Gasteiger partial charge in [-0.15, -0.1) is 0 Å². The molecule has 1 aromatic carbocycles. The number of hydrogen-bond acceptors (Lipinski definition) is 3. The highest BCUT2D eigenvalue weighted by atomic mass is 35.5. The number of alkyl halides is 3. The molecule has 1 saturated heterocycles. The standard InChI is InChI=1S/C26H23ClF4N2O2/c1-16(10-24(34)32-8-6-19(13-32)18-4-3-5-22(28)11-18)25(27)33-14-21(20-7-9-35-15-20)12-23(17(33)2)26(29,30)31/h3-5,7,9,11-12,14-15,19H,2,6,8,10,13H2,1H3/b25-16+. The second-order valence-corrected chi connectivity index (χ2v) is 8.96. The topological polar surface area (TPSA) is 36.7 Å². The predicted molar refractivity (Wildman–Crippen MR) is 125 cm³/mol. The molecule has 1 amide bonds. The van der Waals surface area contributed by atoms with Gasteiger partial charge in [-0.05, 0) is 48.8 Å². The van der Waals surface area contributed by atoms with E-state index in [2.05, 4.69) is 6.58 Å². The molecule has 2 aliphatic heterocycles. The summed E-state index contributed by atoms with van der Waals surface area (Å²) in [6.07, 6.45) is 1.10. The molecule has 3 heterocycles. The summed E-state index contributed by atoms with van der Waals surface area (Å²) in [5, 5.41) is -0.0277. The average molecular weight is 507 g/mol. The molecule has 0 bridgehead atoms. The van der Waals surface area contributed by atoms with Crippen LogP contribution in [0.5, 0.6) is 0 Å². The maximum Gasteiger partial charge on any atom is 0.418 e. The molecule has 0 aliphatic carbocycles. The number of benzene rings is 1. The fraction of sp³-hybridized carbons (Fsp3) is 0.269. The summed E-state index contributed by atoms with van der Waals surface area (Å²) in [7, 11) is 0. The van der Waals surface area contributed by atoms with E-state index in [-0.39, 0.29) is 40.5 Å². The van der Waals surface area contributed by atoms with Crippen LogP contribution in [0.1, 0.15) is 36.8 Å². The molecule has 1 fully saturated rings. The van der Waals surface area contributed by atoms with Gasteiger partial charge >= 0.3 is 6.18 Å². The molecule has 1 atom stereocenters. The number of carbonyl (C=O) groups excluding carboxylic acids is 1. The Kier molecular flexibility index (Phi) is 6.94. The second kappa shape index (κ2) is 9.77. The fourth-order valence-corrected chi connectivity index (χ4v) is 4.48. The van der Waals surface area contributed by atoms with E-state index < -0.39 is 11.7 Å². The number of nitrogens with zero attached hydrogens (tertiary/aromatic N) is 2. The summed E-state index contributed by atoms with van der Waals surface area (Å²) >= 11 is 6.51. The van der Waals surface area contributed by atoms with Crippen LogP contribution in [-0.4, -0.2) is 35.0 Å². The van der Waals surface area contributed by atoms with Crippen molar-refractivity contribution in [3.63, 3.8) is 0 Å². The van der Waals surface area contributed by atoms with Crippen molar-refractivity contribution in [1.29, 1.82) is 0 Å². The van der Waals surface area contributed by atoms with Crippen LogP contribution in [0.2, 0.25) is 0 Å². The van der Waals surface area contributed by atoms with E-state index in [0.717, 1.165) is 16.5 Å². The Labute approximate surface area is 205 Å². The summed E-state index contributed by atoms with van der Waals surface area (Å²) < 4.78 is 59.7. The number of rotatable bonds is 5. The molecule has 0 saturated carbocycles. The van der Waals surface area contributed by atoms with E-state index in [1.54, 1.807) is 24.0 Å². The molecule has 0 N–H and O–H groups in total. The van der Waals surface area contributed by atoms with Gasteiger partial charge in [0.25, 0.3) is 0 Å². The van der Waals surface area contributed by atoms with Crippen molar-refractivity contribution in [3.8, 4) is 0 Å². The van der Waals surface area contributed by atoms with Crippen molar-refractivity contribution >= 4 is 23.1 Å². The van der Waals surface area contributed by atoms with Gasteiger partial charge in [0.15, 0.2) is 0 Å². The van der Waals surface area contributed by atoms with Crippen LogP contribution in [0.4, 0.5) is 17.6 Å². The Balaban J connectivity index is 1.52. The minimum atomic E-state index is -4.65. The Morgan fingerprint density at radius 3 is 2.71 bits per heavy atom. The molecule has 2 aromatic rings. The lowest BCUT2D eigenvalue weighted by molar-refractivity contribution is -0.129. The van der Waals surface area contributed by atoms with Crippen LogP contribution in [0, 0.1) is 5.82 Å². The lowest BCUT2D eigenvalue weighted by Gasteiger charge is -2.30. The second-order valence-electron chi connectivity index (χ2n) is 8.60. The molecule has 184 valence electrons. The van der Waals surface area contributed by atoms with Crippen LogP contribution in [-0.2, 0) is 4.79 Å². The Bertz CT molecular complexity index is 1230. The average Bonchev–Trinajstić information content (AvgIpc) is 3.50. The Hall–Kier alpha value is -3.26. The monoisotopic (exact) mass is 506 g/mol. The van der Waals surface area contributed by atoms with E-state index >= 15 is 0 Å². The first kappa shape index (κ1) is 24.9. The van der Waals surface area contributed by atoms with Crippen LogP contribution in [0.3, 0.4) is 0 Å². The van der Waals surface area contributed by atoms with E-state index in [4.69, 9.17) is 16.0 Å². The highest BCUT2D eigenvalue weighted by Gasteiger charge is 2.39. The zero-order valence-corrected chi connectivity index (χ0v) is 19.7. The number of allylic oxidation sites excluding steroid dienone is 3. The third-order valence-corrected chi connectivity index (χ3v) is 6.68. The largest absolute Gasteiger partial charge is 0.472 e. The van der Waals surface area contributed by atoms with Gasteiger partial charge in [-0.3, -0.25) is 4.79 Å². The lowest BCUT2D eigenvalue weighted by atomic mass is 9.98. The number of hydrogen-bond donors (Lipinski definition) is 0. The summed E-state index contributed by atoms with van der Waals surface area (Å²) in [5.74, 6) is -0.501. The van der Waals surface area contributed by atoms with Crippen molar-refractivity contribution in [2.45, 2.75) is 31.9 Å². The maximum atomic E-state index is 13.7. The van der Waals surface area contributed by atoms with Crippen LogP contribution < -0.4 is 0 Å². The van der Waals surface area contributed by atoms with Crippen molar-refractivity contribution in [2.75, 3.05) is 13.1 Å². The van der Waals surface area contributed by atoms with Gasteiger partial charge in [-0.25, -0.2) is 4.39 Å². The lowest BCUT2D eigenvalue weighted by Crippen LogP contribution is -2.29. The van der Waals surface area contributed by atoms with Crippen LogP contribution in [0.15, 0.2) is 88.1 Å². The third kappa shape index (κ3) is 5.37. The first-order valence-corrected chi connectivity index (χ1v) is 11.3. The molecular formula is C26H23ClF4N2O2. The van der Waals surface area contributed by atoms with Gasteiger partial charge in [-0.1, -0.05) is 30.3 Å². The number of furan rings is 1. The zero-order chi connectivity index (χ0) is 25.3. The van der Waals surface area contributed by atoms with Crippen molar-refractivity contribution in [3.05, 3.63) is 101 Å². The molecule has 35 heavy (non-hydrogen) atoms.